The average Bonchev–Trinajstić information content (AvgIpc) is 2.49. The van der Waals surface area contributed by atoms with E-state index in [-0.39, 0.29) is 6.10 Å². The summed E-state index contributed by atoms with van der Waals surface area (Å²) in [5, 5.41) is 8.90. The van der Waals surface area contributed by atoms with E-state index in [4.69, 9.17) is 14.7 Å². The maximum Gasteiger partial charge on any atom is 0.205 e. The molecule has 2 aliphatic heterocycles. The normalized spacial score (nSPS) is 27.5. The molecular weight excluding hydrogens is 320 g/mol. The Labute approximate surface area is 126 Å². The van der Waals surface area contributed by atoms with Crippen LogP contribution in [-0.4, -0.2) is 25.0 Å². The molecule has 2 aliphatic rings. The fourth-order valence-corrected chi connectivity index (χ4v) is 3.18. The van der Waals surface area contributed by atoms with E-state index in [1.165, 1.54) is 0 Å². The van der Waals surface area contributed by atoms with Crippen molar-refractivity contribution < 1.29 is 9.47 Å². The van der Waals surface area contributed by atoms with Gasteiger partial charge >= 0.3 is 0 Å². The SMILES string of the molecule is N#CN=C1CC(C2CCCOC2)Oc2ccc(Br)cc21. The van der Waals surface area contributed by atoms with Crippen molar-refractivity contribution in [1.82, 2.24) is 0 Å². The molecule has 0 radical (unpaired) electrons. The molecule has 5 heteroatoms. The molecule has 0 bridgehead atoms. The molecule has 1 saturated heterocycles. The quantitative estimate of drug-likeness (QED) is 0.740. The Bertz CT molecular complexity index is 574. The van der Waals surface area contributed by atoms with Gasteiger partial charge in [-0.25, -0.2) is 0 Å². The molecule has 0 amide bonds. The van der Waals surface area contributed by atoms with Gasteiger partial charge in [-0.1, -0.05) is 15.9 Å². The second kappa shape index (κ2) is 5.94. The highest BCUT2D eigenvalue weighted by molar-refractivity contribution is 9.10. The number of ether oxygens (including phenoxy) is 2. The Morgan fingerprint density at radius 1 is 1.40 bits per heavy atom. The lowest BCUT2D eigenvalue weighted by Gasteiger charge is -2.34. The number of aliphatic imine (C=N–C) groups is 1. The van der Waals surface area contributed by atoms with Gasteiger partial charge < -0.3 is 9.47 Å². The highest BCUT2D eigenvalue weighted by atomic mass is 79.9. The molecule has 0 saturated carbocycles. The van der Waals surface area contributed by atoms with E-state index in [9.17, 15) is 0 Å². The molecule has 0 N–H and O–H groups in total. The van der Waals surface area contributed by atoms with Crippen molar-refractivity contribution in [2.24, 2.45) is 10.9 Å². The first-order chi connectivity index (χ1) is 9.78. The summed E-state index contributed by atoms with van der Waals surface area (Å²) in [6.45, 7) is 1.57. The Hall–Kier alpha value is -1.38. The van der Waals surface area contributed by atoms with E-state index >= 15 is 0 Å². The second-order valence-electron chi connectivity index (χ2n) is 5.14. The van der Waals surface area contributed by atoms with Crippen molar-refractivity contribution in [2.45, 2.75) is 25.4 Å². The van der Waals surface area contributed by atoms with Crippen molar-refractivity contribution >= 4 is 21.6 Å². The zero-order valence-corrected chi connectivity index (χ0v) is 12.6. The summed E-state index contributed by atoms with van der Waals surface area (Å²) in [6.07, 6.45) is 4.81. The molecule has 104 valence electrons. The van der Waals surface area contributed by atoms with Crippen LogP contribution < -0.4 is 4.74 Å². The van der Waals surface area contributed by atoms with Gasteiger partial charge in [-0.15, -0.1) is 0 Å². The second-order valence-corrected chi connectivity index (χ2v) is 6.05. The number of rotatable bonds is 1. The van der Waals surface area contributed by atoms with Crippen molar-refractivity contribution in [3.63, 3.8) is 0 Å². The van der Waals surface area contributed by atoms with Crippen LogP contribution in [0, 0.1) is 17.4 Å². The van der Waals surface area contributed by atoms with Crippen LogP contribution in [0.3, 0.4) is 0 Å². The predicted molar refractivity (Wildman–Crippen MR) is 78.9 cm³/mol. The van der Waals surface area contributed by atoms with Crippen LogP contribution >= 0.6 is 15.9 Å². The number of hydrogen-bond donors (Lipinski definition) is 0. The molecule has 2 unspecified atom stereocenters. The molecule has 2 atom stereocenters. The number of fused-ring (bicyclic) bond motifs is 1. The van der Waals surface area contributed by atoms with Crippen molar-refractivity contribution in [1.29, 1.82) is 5.26 Å². The minimum atomic E-state index is 0.0519. The van der Waals surface area contributed by atoms with Gasteiger partial charge in [-0.3, -0.25) is 0 Å². The average molecular weight is 335 g/mol. The number of benzene rings is 1. The minimum Gasteiger partial charge on any atom is -0.489 e. The largest absolute Gasteiger partial charge is 0.489 e. The molecule has 2 heterocycles. The van der Waals surface area contributed by atoms with Gasteiger partial charge in [0.05, 0.1) is 12.3 Å². The van der Waals surface area contributed by atoms with Crippen molar-refractivity contribution in [3.05, 3.63) is 28.2 Å². The predicted octanol–water partition coefficient (Wildman–Crippen LogP) is 3.30. The summed E-state index contributed by atoms with van der Waals surface area (Å²) in [5.41, 5.74) is 1.72. The smallest absolute Gasteiger partial charge is 0.205 e. The van der Waals surface area contributed by atoms with Crippen LogP contribution in [0.25, 0.3) is 0 Å². The topological polar surface area (TPSA) is 54.6 Å². The molecule has 1 fully saturated rings. The van der Waals surface area contributed by atoms with Gasteiger partial charge in [-0.2, -0.15) is 10.3 Å². The monoisotopic (exact) mass is 334 g/mol. The first-order valence-electron chi connectivity index (χ1n) is 6.78. The molecule has 0 spiro atoms. The Kier molecular flexibility index (Phi) is 4.04. The highest BCUT2D eigenvalue weighted by Gasteiger charge is 2.32. The van der Waals surface area contributed by atoms with Gasteiger partial charge in [0.25, 0.3) is 0 Å². The van der Waals surface area contributed by atoms with Crippen molar-refractivity contribution in [2.75, 3.05) is 13.2 Å². The van der Waals surface area contributed by atoms with E-state index in [0.29, 0.717) is 12.3 Å². The first kappa shape index (κ1) is 13.6. The van der Waals surface area contributed by atoms with Gasteiger partial charge in [0.15, 0.2) is 0 Å². The van der Waals surface area contributed by atoms with Gasteiger partial charge in [0, 0.05) is 29.0 Å². The standard InChI is InChI=1S/C15H15BrN2O2/c16-11-3-4-14-12(6-11)13(18-9-17)7-15(20-14)10-2-1-5-19-8-10/h3-4,6,10,15H,1-2,5,7-8H2. The van der Waals surface area contributed by atoms with Crippen LogP contribution in [0.15, 0.2) is 27.7 Å². The lowest BCUT2D eigenvalue weighted by atomic mass is 9.88. The number of nitrogens with zero attached hydrogens (tertiary/aromatic N) is 2. The molecule has 20 heavy (non-hydrogen) atoms. The lowest BCUT2D eigenvalue weighted by Crippen LogP contribution is -2.38. The van der Waals surface area contributed by atoms with Crippen LogP contribution in [-0.2, 0) is 4.74 Å². The van der Waals surface area contributed by atoms with Gasteiger partial charge in [-0.05, 0) is 31.0 Å². The summed E-state index contributed by atoms with van der Waals surface area (Å²) >= 11 is 3.45. The summed E-state index contributed by atoms with van der Waals surface area (Å²) in [4.78, 5) is 3.99. The maximum absolute atomic E-state index is 8.90. The summed E-state index contributed by atoms with van der Waals surface area (Å²) in [6, 6.07) is 5.84. The first-order valence-corrected chi connectivity index (χ1v) is 7.57. The third kappa shape index (κ3) is 2.72. The van der Waals surface area contributed by atoms with Crippen molar-refractivity contribution in [3.8, 4) is 11.9 Å². The number of hydrogen-bond acceptors (Lipinski definition) is 4. The van der Waals surface area contributed by atoms with E-state index in [0.717, 1.165) is 47.6 Å². The van der Waals surface area contributed by atoms with E-state index < -0.39 is 0 Å². The maximum atomic E-state index is 8.90. The fourth-order valence-electron chi connectivity index (χ4n) is 2.82. The van der Waals surface area contributed by atoms with E-state index in [1.54, 1.807) is 0 Å². The fraction of sp³-hybridized carbons (Fsp3) is 0.467. The third-order valence-electron chi connectivity index (χ3n) is 3.83. The summed E-state index contributed by atoms with van der Waals surface area (Å²) in [7, 11) is 0. The molecule has 1 aromatic carbocycles. The highest BCUT2D eigenvalue weighted by Crippen LogP contribution is 2.34. The summed E-state index contributed by atoms with van der Waals surface area (Å²) < 4.78 is 12.6. The molecule has 1 aromatic rings. The molecule has 0 aromatic heterocycles. The molecule has 4 nitrogen and oxygen atoms in total. The number of halogens is 1. The van der Waals surface area contributed by atoms with Crippen LogP contribution in [0.2, 0.25) is 0 Å². The van der Waals surface area contributed by atoms with E-state index in [2.05, 4.69) is 20.9 Å². The zero-order valence-electron chi connectivity index (χ0n) is 11.0. The Balaban J connectivity index is 1.91. The zero-order chi connectivity index (χ0) is 13.9. The van der Waals surface area contributed by atoms with Crippen LogP contribution in [0.4, 0.5) is 0 Å². The minimum absolute atomic E-state index is 0.0519. The van der Waals surface area contributed by atoms with Gasteiger partial charge in [0.2, 0.25) is 6.19 Å². The van der Waals surface area contributed by atoms with Crippen LogP contribution in [0.1, 0.15) is 24.8 Å². The van der Waals surface area contributed by atoms with Crippen LogP contribution in [0.5, 0.6) is 5.75 Å². The van der Waals surface area contributed by atoms with E-state index in [1.807, 2.05) is 24.4 Å². The molecule has 3 rings (SSSR count). The Morgan fingerprint density at radius 3 is 3.05 bits per heavy atom. The Morgan fingerprint density at radius 2 is 2.30 bits per heavy atom. The molecular formula is C15H15BrN2O2. The van der Waals surface area contributed by atoms with Gasteiger partial charge in [0.1, 0.15) is 11.9 Å². The lowest BCUT2D eigenvalue weighted by molar-refractivity contribution is 0.00174. The molecule has 0 aliphatic carbocycles. The third-order valence-corrected chi connectivity index (χ3v) is 4.32. The number of nitriles is 1. The summed E-state index contributed by atoms with van der Waals surface area (Å²) in [5.74, 6) is 1.19.